The maximum Gasteiger partial charge on any atom is 0.472 e. The fraction of sp³-hybridized carbons (Fsp3) is 0.750. The average molecular weight is 653 g/mol. The maximum absolute atomic E-state index is 11.8. The van der Waals surface area contributed by atoms with Crippen LogP contribution in [-0.4, -0.2) is 75.8 Å². The van der Waals surface area contributed by atoms with Crippen LogP contribution in [0.1, 0.15) is 12.8 Å². The van der Waals surface area contributed by atoms with Crippen molar-refractivity contribution in [2.75, 3.05) is 13.1 Å². The third kappa shape index (κ3) is 19.3. The van der Waals surface area contributed by atoms with E-state index in [9.17, 15) is 9.59 Å². The minimum absolute atomic E-state index is 0.213. The molecule has 0 rings (SSSR count). The Balaban J connectivity index is 6.71. The van der Waals surface area contributed by atoms with Gasteiger partial charge in [-0.2, -0.15) is 0 Å². The summed E-state index contributed by atoms with van der Waals surface area (Å²) >= 11 is 0. The van der Waals surface area contributed by atoms with E-state index < -0.39 is 50.9 Å². The van der Waals surface area contributed by atoms with Gasteiger partial charge in [0.15, 0.2) is 33.3 Å². The Labute approximate surface area is 244 Å². The molecule has 2 N–H and O–H groups in total. The predicted molar refractivity (Wildman–Crippen MR) is 176 cm³/mol. The third-order valence-electron chi connectivity index (χ3n) is 4.45. The average Bonchev–Trinajstić information content (AvgIpc) is 2.68. The van der Waals surface area contributed by atoms with E-state index in [0.29, 0.717) is 38.0 Å². The number of amides is 2. The highest BCUT2D eigenvalue weighted by Gasteiger charge is 2.58. The highest BCUT2D eigenvalue weighted by molar-refractivity contribution is 6.92. The Kier molecular flexibility index (Phi) is 15.5. The van der Waals surface area contributed by atoms with Gasteiger partial charge in [-0.25, -0.2) is 0 Å². The number of carbonyl (C=O) groups excluding carboxylic acids is 2. The maximum atomic E-state index is 11.8. The quantitative estimate of drug-likeness (QED) is 0.0992. The minimum atomic E-state index is -3.37. The molecule has 0 saturated heterocycles. The first-order chi connectivity index (χ1) is 17.4. The van der Waals surface area contributed by atoms with Gasteiger partial charge in [-0.15, -0.1) is 0 Å². The fourth-order valence-electron chi connectivity index (χ4n) is 3.71. The standard InChI is InChI=1S/C24H56N2O7Si6/c1-15-23(27)25-19-17-21-38(29-34(3,4)5,30-35(6,7)8)33-39(31-36(9,10)11,32-37(12,13)14)22-18-20-26-24(28)16-2/h15-16H,1-2,17-22H2,3-14H3,(H,25,27)(H,26,28). The van der Waals surface area contributed by atoms with Gasteiger partial charge in [-0.05, 0) is 104 Å². The minimum Gasteiger partial charge on any atom is -0.417 e. The van der Waals surface area contributed by atoms with Crippen molar-refractivity contribution in [1.82, 2.24) is 10.6 Å². The van der Waals surface area contributed by atoms with E-state index >= 15 is 0 Å². The molecule has 0 saturated carbocycles. The number of hydrogen-bond donors (Lipinski definition) is 2. The van der Waals surface area contributed by atoms with E-state index in [4.69, 9.17) is 20.6 Å². The molecule has 0 aliphatic heterocycles. The first-order valence-corrected chi connectivity index (χ1v) is 31.3. The molecule has 39 heavy (non-hydrogen) atoms. The van der Waals surface area contributed by atoms with Crippen LogP contribution in [0.15, 0.2) is 25.3 Å². The zero-order valence-electron chi connectivity index (χ0n) is 26.7. The molecule has 9 nitrogen and oxygen atoms in total. The lowest BCUT2D eigenvalue weighted by Crippen LogP contribution is -2.67. The summed E-state index contributed by atoms with van der Waals surface area (Å²) in [4.78, 5) is 23.6. The molecule has 0 fully saturated rings. The van der Waals surface area contributed by atoms with Crippen LogP contribution in [0.3, 0.4) is 0 Å². The van der Waals surface area contributed by atoms with Gasteiger partial charge in [-0.3, -0.25) is 9.59 Å². The summed E-state index contributed by atoms with van der Waals surface area (Å²) in [7, 11) is -15.4. The molecule has 0 radical (unpaired) electrons. The van der Waals surface area contributed by atoms with Crippen molar-refractivity contribution in [3.63, 3.8) is 0 Å². The largest absolute Gasteiger partial charge is 0.472 e. The molecule has 228 valence electrons. The number of hydrogen-bond acceptors (Lipinski definition) is 7. The molecule has 0 spiro atoms. The SMILES string of the molecule is C=CC(=O)NCCC[Si](O[Si](C)(C)C)(O[Si](C)(C)C)O[Si](CCCNC(=O)C=C)(O[Si](C)(C)C)O[Si](C)(C)C. The van der Waals surface area contributed by atoms with Crippen LogP contribution >= 0.6 is 0 Å². The fourth-order valence-corrected chi connectivity index (χ4v) is 27.5. The first kappa shape index (κ1) is 38.5. The summed E-state index contributed by atoms with van der Waals surface area (Å²) in [6.07, 6.45) is 3.79. The smallest absolute Gasteiger partial charge is 0.417 e. The van der Waals surface area contributed by atoms with Gasteiger partial charge in [0.05, 0.1) is 0 Å². The van der Waals surface area contributed by atoms with Gasteiger partial charge in [-0.1, -0.05) is 13.2 Å². The van der Waals surface area contributed by atoms with E-state index in [1.54, 1.807) is 0 Å². The van der Waals surface area contributed by atoms with Crippen LogP contribution in [0.5, 0.6) is 0 Å². The second-order valence-corrected chi connectivity index (χ2v) is 38.2. The van der Waals surface area contributed by atoms with Gasteiger partial charge in [0, 0.05) is 25.2 Å². The Morgan fingerprint density at radius 1 is 0.538 bits per heavy atom. The highest BCUT2D eigenvalue weighted by atomic mass is 28.5. The molecular weight excluding hydrogens is 597 g/mol. The second-order valence-electron chi connectivity index (χ2n) is 13.5. The summed E-state index contributed by atoms with van der Waals surface area (Å²) in [5.41, 5.74) is 0. The van der Waals surface area contributed by atoms with Gasteiger partial charge in [0.2, 0.25) is 11.8 Å². The van der Waals surface area contributed by atoms with Crippen molar-refractivity contribution in [3.8, 4) is 0 Å². The molecule has 0 bridgehead atoms. The Hall–Kier alpha value is -0.479. The molecule has 0 unspecified atom stereocenters. The summed E-state index contributed by atoms with van der Waals surface area (Å²) < 4.78 is 35.0. The number of carbonyl (C=O) groups is 2. The van der Waals surface area contributed by atoms with E-state index in [2.05, 4.69) is 102 Å². The molecule has 0 heterocycles. The predicted octanol–water partition coefficient (Wildman–Crippen LogP) is 5.67. The Morgan fingerprint density at radius 2 is 0.795 bits per heavy atom. The van der Waals surface area contributed by atoms with Crippen molar-refractivity contribution in [1.29, 1.82) is 0 Å². The lowest BCUT2D eigenvalue weighted by atomic mass is 10.4. The Bertz CT molecular complexity index is 720. The van der Waals surface area contributed by atoms with Crippen molar-refractivity contribution >= 4 is 62.7 Å². The van der Waals surface area contributed by atoms with Crippen molar-refractivity contribution < 1.29 is 30.2 Å². The summed E-state index contributed by atoms with van der Waals surface area (Å²) in [5.74, 6) is -0.426. The zero-order chi connectivity index (χ0) is 30.8. The molecular formula is C24H56N2O7Si6. The molecule has 0 aromatic heterocycles. The van der Waals surface area contributed by atoms with Crippen LogP contribution in [0.4, 0.5) is 0 Å². The van der Waals surface area contributed by atoms with E-state index in [0.717, 1.165) is 0 Å². The topological polar surface area (TPSA) is 104 Å². The second kappa shape index (κ2) is 15.7. The first-order valence-electron chi connectivity index (χ1n) is 13.8. The molecule has 0 aliphatic carbocycles. The summed E-state index contributed by atoms with van der Waals surface area (Å²) in [5, 5.41) is 5.73. The lowest BCUT2D eigenvalue weighted by molar-refractivity contribution is -0.117. The number of nitrogens with one attached hydrogen (secondary N) is 2. The van der Waals surface area contributed by atoms with Gasteiger partial charge in [0.1, 0.15) is 0 Å². The molecule has 0 aromatic carbocycles. The molecule has 15 heteroatoms. The van der Waals surface area contributed by atoms with Crippen molar-refractivity contribution in [2.24, 2.45) is 0 Å². The van der Waals surface area contributed by atoms with Gasteiger partial charge < -0.3 is 31.2 Å². The third-order valence-corrected chi connectivity index (χ3v) is 23.6. The number of rotatable bonds is 20. The van der Waals surface area contributed by atoms with Crippen molar-refractivity contribution in [2.45, 2.75) is 103 Å². The molecule has 0 aromatic rings. The monoisotopic (exact) mass is 652 g/mol. The molecule has 2 amide bonds. The van der Waals surface area contributed by atoms with Crippen molar-refractivity contribution in [3.05, 3.63) is 25.3 Å². The summed E-state index contributed by atoms with van der Waals surface area (Å²) in [6, 6.07) is 1.07. The Morgan fingerprint density at radius 3 is 1.00 bits per heavy atom. The lowest BCUT2D eigenvalue weighted by Gasteiger charge is -2.47. The summed E-state index contributed by atoms with van der Waals surface area (Å²) in [6.45, 7) is 33.6. The van der Waals surface area contributed by atoms with Crippen LogP contribution in [0, 0.1) is 0 Å². The highest BCUT2D eigenvalue weighted by Crippen LogP contribution is 2.35. The van der Waals surface area contributed by atoms with Gasteiger partial charge in [0.25, 0.3) is 0 Å². The van der Waals surface area contributed by atoms with Crippen LogP contribution in [-0.2, 0) is 30.2 Å². The van der Waals surface area contributed by atoms with Crippen LogP contribution < -0.4 is 10.6 Å². The van der Waals surface area contributed by atoms with E-state index in [1.807, 2.05) is 0 Å². The van der Waals surface area contributed by atoms with Gasteiger partial charge >= 0.3 is 17.6 Å². The van der Waals surface area contributed by atoms with E-state index in [-0.39, 0.29) is 11.8 Å². The zero-order valence-corrected chi connectivity index (χ0v) is 32.7. The van der Waals surface area contributed by atoms with E-state index in [1.165, 1.54) is 12.2 Å². The van der Waals surface area contributed by atoms with Crippen LogP contribution in [0.25, 0.3) is 0 Å². The molecule has 0 atom stereocenters. The normalized spacial score (nSPS) is 13.6. The van der Waals surface area contributed by atoms with Crippen LogP contribution in [0.2, 0.25) is 90.7 Å². The molecule has 0 aliphatic rings.